The molecule has 0 bridgehead atoms. The summed E-state index contributed by atoms with van der Waals surface area (Å²) < 4.78 is 10.6. The molecule has 108 valence electrons. The number of amides is 1. The van der Waals surface area contributed by atoms with Crippen LogP contribution in [0.15, 0.2) is 42.5 Å². The van der Waals surface area contributed by atoms with Gasteiger partial charge in [0.2, 0.25) is 0 Å². The van der Waals surface area contributed by atoms with Gasteiger partial charge < -0.3 is 14.8 Å². The van der Waals surface area contributed by atoms with Gasteiger partial charge in [-0.2, -0.15) is 0 Å². The van der Waals surface area contributed by atoms with Crippen molar-refractivity contribution in [2.75, 3.05) is 19.0 Å². The molecule has 2 aromatic carbocycles. The Morgan fingerprint density at radius 2 is 1.95 bits per heavy atom. The SMILES string of the molecule is COc1cccc(CCc2ccc3c(c2)NC(=O)CO3)c1. The topological polar surface area (TPSA) is 47.6 Å². The molecule has 0 radical (unpaired) electrons. The number of carbonyl (C=O) groups is 1. The van der Waals surface area contributed by atoms with Crippen molar-refractivity contribution in [1.82, 2.24) is 0 Å². The van der Waals surface area contributed by atoms with Gasteiger partial charge in [-0.1, -0.05) is 18.2 Å². The molecule has 1 heterocycles. The van der Waals surface area contributed by atoms with Crippen molar-refractivity contribution in [2.45, 2.75) is 12.8 Å². The van der Waals surface area contributed by atoms with E-state index in [0.29, 0.717) is 0 Å². The van der Waals surface area contributed by atoms with Crippen LogP contribution in [0.3, 0.4) is 0 Å². The lowest BCUT2D eigenvalue weighted by molar-refractivity contribution is -0.118. The third kappa shape index (κ3) is 3.16. The van der Waals surface area contributed by atoms with Gasteiger partial charge >= 0.3 is 0 Å². The normalized spacial score (nSPS) is 13.1. The van der Waals surface area contributed by atoms with E-state index in [9.17, 15) is 4.79 Å². The van der Waals surface area contributed by atoms with Crippen molar-refractivity contribution in [2.24, 2.45) is 0 Å². The van der Waals surface area contributed by atoms with Gasteiger partial charge in [0.1, 0.15) is 11.5 Å². The van der Waals surface area contributed by atoms with Crippen molar-refractivity contribution < 1.29 is 14.3 Å². The van der Waals surface area contributed by atoms with Gasteiger partial charge in [0.05, 0.1) is 12.8 Å². The molecular weight excluding hydrogens is 266 g/mol. The summed E-state index contributed by atoms with van der Waals surface area (Å²) >= 11 is 0. The first-order valence-electron chi connectivity index (χ1n) is 6.93. The summed E-state index contributed by atoms with van der Waals surface area (Å²) in [7, 11) is 1.67. The second-order valence-corrected chi connectivity index (χ2v) is 5.02. The highest BCUT2D eigenvalue weighted by molar-refractivity contribution is 5.95. The fourth-order valence-electron chi connectivity index (χ4n) is 2.40. The minimum absolute atomic E-state index is 0.0934. The zero-order valence-electron chi connectivity index (χ0n) is 11.9. The van der Waals surface area contributed by atoms with Crippen LogP contribution in [0, 0.1) is 0 Å². The zero-order chi connectivity index (χ0) is 14.7. The number of hydrogen-bond acceptors (Lipinski definition) is 3. The van der Waals surface area contributed by atoms with Crippen LogP contribution in [0.4, 0.5) is 5.69 Å². The summed E-state index contributed by atoms with van der Waals surface area (Å²) in [5.74, 6) is 1.51. The molecule has 1 aliphatic rings. The number of benzene rings is 2. The lowest BCUT2D eigenvalue weighted by Gasteiger charge is -2.18. The van der Waals surface area contributed by atoms with E-state index in [1.165, 1.54) is 11.1 Å². The quantitative estimate of drug-likeness (QED) is 0.938. The van der Waals surface area contributed by atoms with Gasteiger partial charge in [-0.05, 0) is 48.2 Å². The van der Waals surface area contributed by atoms with E-state index in [2.05, 4.69) is 11.4 Å². The van der Waals surface area contributed by atoms with E-state index in [-0.39, 0.29) is 12.5 Å². The molecule has 0 aromatic heterocycles. The number of fused-ring (bicyclic) bond motifs is 1. The Bertz CT molecular complexity index is 667. The first-order chi connectivity index (χ1) is 10.2. The summed E-state index contributed by atoms with van der Waals surface area (Å²) in [6.07, 6.45) is 1.82. The maximum Gasteiger partial charge on any atom is 0.262 e. The average Bonchev–Trinajstić information content (AvgIpc) is 2.52. The molecule has 0 saturated heterocycles. The van der Waals surface area contributed by atoms with E-state index in [1.54, 1.807) is 7.11 Å². The molecule has 1 amide bonds. The highest BCUT2D eigenvalue weighted by atomic mass is 16.5. The standard InChI is InChI=1S/C17H17NO3/c1-20-14-4-2-3-12(9-14)5-6-13-7-8-16-15(10-13)18-17(19)11-21-16/h2-4,7-10H,5-6,11H2,1H3,(H,18,19). The molecule has 0 saturated carbocycles. The molecule has 0 fully saturated rings. The number of nitrogens with one attached hydrogen (secondary N) is 1. The summed E-state index contributed by atoms with van der Waals surface area (Å²) in [4.78, 5) is 11.3. The van der Waals surface area contributed by atoms with Crippen molar-refractivity contribution in [1.29, 1.82) is 0 Å². The first kappa shape index (κ1) is 13.5. The average molecular weight is 283 g/mol. The first-order valence-corrected chi connectivity index (χ1v) is 6.93. The number of methoxy groups -OCH3 is 1. The number of hydrogen-bond donors (Lipinski definition) is 1. The van der Waals surface area contributed by atoms with Crippen molar-refractivity contribution in [3.05, 3.63) is 53.6 Å². The Kier molecular flexibility index (Phi) is 3.77. The maximum absolute atomic E-state index is 11.3. The molecule has 2 aromatic rings. The predicted octanol–water partition coefficient (Wildman–Crippen LogP) is 2.81. The smallest absolute Gasteiger partial charge is 0.262 e. The second-order valence-electron chi connectivity index (χ2n) is 5.02. The third-order valence-electron chi connectivity index (χ3n) is 3.51. The Labute approximate surface area is 123 Å². The van der Waals surface area contributed by atoms with Crippen LogP contribution in [-0.4, -0.2) is 19.6 Å². The monoisotopic (exact) mass is 283 g/mol. The highest BCUT2D eigenvalue weighted by Gasteiger charge is 2.15. The van der Waals surface area contributed by atoms with E-state index in [1.807, 2.05) is 36.4 Å². The zero-order valence-corrected chi connectivity index (χ0v) is 11.9. The number of rotatable bonds is 4. The summed E-state index contributed by atoms with van der Waals surface area (Å²) in [6.45, 7) is 0.0934. The van der Waals surface area contributed by atoms with Gasteiger partial charge in [0.25, 0.3) is 5.91 Å². The van der Waals surface area contributed by atoms with Gasteiger partial charge in [-0.25, -0.2) is 0 Å². The highest BCUT2D eigenvalue weighted by Crippen LogP contribution is 2.29. The summed E-state index contributed by atoms with van der Waals surface area (Å²) in [5, 5.41) is 2.83. The molecule has 21 heavy (non-hydrogen) atoms. The molecule has 0 atom stereocenters. The predicted molar refractivity (Wildman–Crippen MR) is 81.0 cm³/mol. The summed E-state index contributed by atoms with van der Waals surface area (Å²) in [6, 6.07) is 14.0. The molecule has 4 nitrogen and oxygen atoms in total. The van der Waals surface area contributed by atoms with Crippen LogP contribution < -0.4 is 14.8 Å². The molecular formula is C17H17NO3. The van der Waals surface area contributed by atoms with Crippen LogP contribution >= 0.6 is 0 Å². The number of carbonyl (C=O) groups excluding carboxylic acids is 1. The number of anilines is 1. The van der Waals surface area contributed by atoms with Crippen molar-refractivity contribution in [3.63, 3.8) is 0 Å². The molecule has 1 aliphatic heterocycles. The van der Waals surface area contributed by atoms with E-state index >= 15 is 0 Å². The van der Waals surface area contributed by atoms with E-state index < -0.39 is 0 Å². The molecule has 3 rings (SSSR count). The van der Waals surface area contributed by atoms with Gasteiger partial charge in [0, 0.05) is 0 Å². The lowest BCUT2D eigenvalue weighted by Crippen LogP contribution is -2.25. The van der Waals surface area contributed by atoms with E-state index in [0.717, 1.165) is 30.0 Å². The Morgan fingerprint density at radius 1 is 1.14 bits per heavy atom. The minimum atomic E-state index is -0.104. The Balaban J connectivity index is 1.70. The minimum Gasteiger partial charge on any atom is -0.497 e. The number of aryl methyl sites for hydroxylation is 2. The van der Waals surface area contributed by atoms with Crippen molar-refractivity contribution >= 4 is 11.6 Å². The Hall–Kier alpha value is -2.49. The molecule has 1 N–H and O–H groups in total. The van der Waals surface area contributed by atoms with Crippen LogP contribution in [0.2, 0.25) is 0 Å². The van der Waals surface area contributed by atoms with Crippen LogP contribution in [-0.2, 0) is 17.6 Å². The van der Waals surface area contributed by atoms with Crippen LogP contribution in [0.25, 0.3) is 0 Å². The Morgan fingerprint density at radius 3 is 2.76 bits per heavy atom. The third-order valence-corrected chi connectivity index (χ3v) is 3.51. The summed E-state index contributed by atoms with van der Waals surface area (Å²) in [5.41, 5.74) is 3.16. The fourth-order valence-corrected chi connectivity index (χ4v) is 2.40. The van der Waals surface area contributed by atoms with Crippen LogP contribution in [0.5, 0.6) is 11.5 Å². The van der Waals surface area contributed by atoms with Crippen molar-refractivity contribution in [3.8, 4) is 11.5 Å². The van der Waals surface area contributed by atoms with Gasteiger partial charge in [-0.15, -0.1) is 0 Å². The maximum atomic E-state index is 11.3. The van der Waals surface area contributed by atoms with Gasteiger partial charge in [0.15, 0.2) is 6.61 Å². The molecule has 0 spiro atoms. The second kappa shape index (κ2) is 5.87. The van der Waals surface area contributed by atoms with E-state index in [4.69, 9.17) is 9.47 Å². The fraction of sp³-hybridized carbons (Fsp3) is 0.235. The number of ether oxygens (including phenoxy) is 2. The molecule has 4 heteroatoms. The van der Waals surface area contributed by atoms with Gasteiger partial charge in [-0.3, -0.25) is 4.79 Å². The lowest BCUT2D eigenvalue weighted by atomic mass is 10.0. The molecule has 0 aliphatic carbocycles. The molecule has 0 unspecified atom stereocenters. The van der Waals surface area contributed by atoms with Crippen LogP contribution in [0.1, 0.15) is 11.1 Å². The largest absolute Gasteiger partial charge is 0.497 e.